The monoisotopic (exact) mass is 337 g/mol. The molecule has 0 atom stereocenters. The molecule has 1 saturated heterocycles. The van der Waals surface area contributed by atoms with Crippen LogP contribution < -0.4 is 4.90 Å². The van der Waals surface area contributed by atoms with Gasteiger partial charge in [-0.05, 0) is 17.5 Å². The Hall–Kier alpha value is -2.13. The van der Waals surface area contributed by atoms with Gasteiger partial charge in [0.2, 0.25) is 5.91 Å². The van der Waals surface area contributed by atoms with Crippen LogP contribution in [0.2, 0.25) is 0 Å². The largest absolute Gasteiger partial charge is 0.334 e. The van der Waals surface area contributed by atoms with E-state index in [9.17, 15) is 4.79 Å². The van der Waals surface area contributed by atoms with Gasteiger partial charge in [0.1, 0.15) is 0 Å². The lowest BCUT2D eigenvalue weighted by Gasteiger charge is -2.40. The highest BCUT2D eigenvalue weighted by Gasteiger charge is 2.44. The third-order valence-corrected chi connectivity index (χ3v) is 5.43. The number of carbonyl (C=O) groups excluding carboxylic acids is 1. The molecular weight excluding hydrogens is 308 g/mol. The zero-order valence-corrected chi connectivity index (χ0v) is 15.4. The van der Waals surface area contributed by atoms with E-state index in [0.29, 0.717) is 0 Å². The molecule has 2 aromatic rings. The third-order valence-electron chi connectivity index (χ3n) is 5.43. The van der Waals surface area contributed by atoms with E-state index in [1.54, 1.807) is 0 Å². The van der Waals surface area contributed by atoms with Crippen LogP contribution in [0.15, 0.2) is 60.7 Å². The fraction of sp³-hybridized carbons (Fsp3) is 0.409. The molecule has 0 aliphatic carbocycles. The first-order valence-corrected chi connectivity index (χ1v) is 9.40. The molecule has 1 N–H and O–H groups in total. The zero-order valence-electron chi connectivity index (χ0n) is 15.4. The Morgan fingerprint density at radius 3 is 1.88 bits per heavy atom. The number of piperazine rings is 1. The van der Waals surface area contributed by atoms with Crippen LogP contribution >= 0.6 is 0 Å². The summed E-state index contributed by atoms with van der Waals surface area (Å²) in [7, 11) is 2.20. The first kappa shape index (κ1) is 17.7. The summed E-state index contributed by atoms with van der Waals surface area (Å²) in [4.78, 5) is 17.4. The number of rotatable bonds is 5. The summed E-state index contributed by atoms with van der Waals surface area (Å²) >= 11 is 0. The van der Waals surface area contributed by atoms with Crippen molar-refractivity contribution in [2.24, 2.45) is 0 Å². The minimum absolute atomic E-state index is 0.263. The maximum absolute atomic E-state index is 13.8. The highest BCUT2D eigenvalue weighted by atomic mass is 16.2. The summed E-state index contributed by atoms with van der Waals surface area (Å²) in [5.41, 5.74) is 1.64. The van der Waals surface area contributed by atoms with Gasteiger partial charge in [-0.25, -0.2) is 0 Å². The van der Waals surface area contributed by atoms with Crippen LogP contribution in [0, 0.1) is 0 Å². The predicted molar refractivity (Wildman–Crippen MR) is 102 cm³/mol. The molecule has 0 aromatic heterocycles. The lowest BCUT2D eigenvalue weighted by Crippen LogP contribution is -3.12. The molecule has 0 spiro atoms. The Morgan fingerprint density at radius 2 is 1.44 bits per heavy atom. The molecule has 0 saturated carbocycles. The Labute approximate surface area is 151 Å². The van der Waals surface area contributed by atoms with Gasteiger partial charge in [-0.3, -0.25) is 4.79 Å². The van der Waals surface area contributed by atoms with Gasteiger partial charge in [0.15, 0.2) is 0 Å². The molecule has 1 aliphatic heterocycles. The van der Waals surface area contributed by atoms with Crippen LogP contribution in [-0.4, -0.2) is 44.0 Å². The summed E-state index contributed by atoms with van der Waals surface area (Å²) in [6, 6.07) is 20.7. The van der Waals surface area contributed by atoms with E-state index in [2.05, 4.69) is 43.1 Å². The number of benzene rings is 2. The van der Waals surface area contributed by atoms with Crippen molar-refractivity contribution in [2.75, 3.05) is 33.2 Å². The molecule has 2 aromatic carbocycles. The number of carbonyl (C=O) groups is 1. The van der Waals surface area contributed by atoms with Crippen molar-refractivity contribution in [2.45, 2.75) is 25.2 Å². The molecule has 3 nitrogen and oxygen atoms in total. The van der Waals surface area contributed by atoms with Crippen LogP contribution in [0.4, 0.5) is 0 Å². The van der Waals surface area contributed by atoms with Crippen molar-refractivity contribution in [1.29, 1.82) is 0 Å². The quantitative estimate of drug-likeness (QED) is 0.888. The Balaban J connectivity index is 2.09. The fourth-order valence-electron chi connectivity index (χ4n) is 3.99. The Kier molecular flexibility index (Phi) is 5.54. The maximum Gasteiger partial charge on any atom is 0.238 e. The third kappa shape index (κ3) is 3.47. The van der Waals surface area contributed by atoms with Gasteiger partial charge < -0.3 is 9.80 Å². The number of likely N-dealkylation sites (N-methyl/N-ethyl adjacent to an activating group) is 1. The molecule has 132 valence electrons. The van der Waals surface area contributed by atoms with Crippen molar-refractivity contribution >= 4 is 5.91 Å². The highest BCUT2D eigenvalue weighted by molar-refractivity contribution is 5.92. The second-order valence-corrected chi connectivity index (χ2v) is 7.14. The standard InChI is InChI=1S/C22H28N2O/c1-3-14-22(19-10-6-4-7-11-19,20-12-8-5-9-13-20)21(25)24-17-15-23(2)16-18-24/h4-13H,3,14-18H2,1-2H3/p+1. The molecule has 0 bridgehead atoms. The van der Waals surface area contributed by atoms with Gasteiger partial charge in [0, 0.05) is 0 Å². The first-order valence-electron chi connectivity index (χ1n) is 9.40. The van der Waals surface area contributed by atoms with Gasteiger partial charge in [-0.2, -0.15) is 0 Å². The van der Waals surface area contributed by atoms with E-state index in [1.807, 2.05) is 36.4 Å². The van der Waals surface area contributed by atoms with Crippen molar-refractivity contribution in [3.63, 3.8) is 0 Å². The van der Waals surface area contributed by atoms with Gasteiger partial charge in [-0.1, -0.05) is 74.0 Å². The van der Waals surface area contributed by atoms with Gasteiger partial charge in [0.25, 0.3) is 0 Å². The van der Waals surface area contributed by atoms with Crippen molar-refractivity contribution in [3.8, 4) is 0 Å². The molecule has 1 fully saturated rings. The minimum atomic E-state index is -0.581. The maximum atomic E-state index is 13.8. The second kappa shape index (κ2) is 7.83. The summed E-state index contributed by atoms with van der Waals surface area (Å²) < 4.78 is 0. The summed E-state index contributed by atoms with van der Waals surface area (Å²) in [5.74, 6) is 0.263. The lowest BCUT2D eigenvalue weighted by molar-refractivity contribution is -0.883. The second-order valence-electron chi connectivity index (χ2n) is 7.14. The Bertz CT molecular complexity index is 636. The minimum Gasteiger partial charge on any atom is -0.334 e. The average Bonchev–Trinajstić information content (AvgIpc) is 2.67. The van der Waals surface area contributed by atoms with Gasteiger partial charge in [-0.15, -0.1) is 0 Å². The normalized spacial score (nSPS) is 16.0. The van der Waals surface area contributed by atoms with Crippen molar-refractivity contribution in [1.82, 2.24) is 4.90 Å². The smallest absolute Gasteiger partial charge is 0.238 e. The van der Waals surface area contributed by atoms with Crippen LogP contribution in [0.3, 0.4) is 0 Å². The fourth-order valence-corrected chi connectivity index (χ4v) is 3.99. The van der Waals surface area contributed by atoms with E-state index in [4.69, 9.17) is 0 Å². The van der Waals surface area contributed by atoms with Crippen molar-refractivity contribution < 1.29 is 9.69 Å². The Morgan fingerprint density at radius 1 is 0.960 bits per heavy atom. The van der Waals surface area contributed by atoms with E-state index in [0.717, 1.165) is 50.1 Å². The van der Waals surface area contributed by atoms with Crippen LogP contribution in [0.5, 0.6) is 0 Å². The van der Waals surface area contributed by atoms with E-state index in [1.165, 1.54) is 4.90 Å². The van der Waals surface area contributed by atoms with E-state index >= 15 is 0 Å². The molecule has 25 heavy (non-hydrogen) atoms. The number of hydrogen-bond donors (Lipinski definition) is 1. The molecule has 1 aliphatic rings. The summed E-state index contributed by atoms with van der Waals surface area (Å²) in [6.07, 6.45) is 1.80. The van der Waals surface area contributed by atoms with Crippen LogP contribution in [0.1, 0.15) is 30.9 Å². The van der Waals surface area contributed by atoms with Crippen LogP contribution in [-0.2, 0) is 10.2 Å². The number of nitrogens with zero attached hydrogens (tertiary/aromatic N) is 1. The molecule has 3 heteroatoms. The topological polar surface area (TPSA) is 24.8 Å². The average molecular weight is 337 g/mol. The predicted octanol–water partition coefficient (Wildman–Crippen LogP) is 2.13. The van der Waals surface area contributed by atoms with Gasteiger partial charge >= 0.3 is 0 Å². The lowest BCUT2D eigenvalue weighted by atomic mass is 9.70. The van der Waals surface area contributed by atoms with E-state index < -0.39 is 5.41 Å². The van der Waals surface area contributed by atoms with Gasteiger partial charge in [0.05, 0.1) is 38.6 Å². The van der Waals surface area contributed by atoms with Crippen molar-refractivity contribution in [3.05, 3.63) is 71.8 Å². The molecule has 3 rings (SSSR count). The molecule has 1 amide bonds. The molecule has 0 radical (unpaired) electrons. The molecule has 1 heterocycles. The summed E-state index contributed by atoms with van der Waals surface area (Å²) in [5, 5.41) is 0. The summed E-state index contributed by atoms with van der Waals surface area (Å²) in [6.45, 7) is 5.91. The number of hydrogen-bond acceptors (Lipinski definition) is 1. The van der Waals surface area contributed by atoms with Crippen LogP contribution in [0.25, 0.3) is 0 Å². The number of amides is 1. The SMILES string of the molecule is CCCC(C(=O)N1CC[NH+](C)CC1)(c1ccccc1)c1ccccc1. The first-order chi connectivity index (χ1) is 12.2. The number of quaternary nitrogens is 1. The number of nitrogens with one attached hydrogen (secondary N) is 1. The molecular formula is C22H29N2O+. The highest BCUT2D eigenvalue weighted by Crippen LogP contribution is 2.38. The zero-order chi connectivity index (χ0) is 17.7. The molecule has 0 unspecified atom stereocenters. The van der Waals surface area contributed by atoms with E-state index in [-0.39, 0.29) is 5.91 Å².